The summed E-state index contributed by atoms with van der Waals surface area (Å²) in [5.74, 6) is 0.851. The van der Waals surface area contributed by atoms with Gasteiger partial charge in [-0.25, -0.2) is 0 Å². The highest BCUT2D eigenvalue weighted by molar-refractivity contribution is 5.29. The van der Waals surface area contributed by atoms with Gasteiger partial charge in [0, 0.05) is 0 Å². The van der Waals surface area contributed by atoms with Crippen molar-refractivity contribution in [2.24, 2.45) is 17.1 Å². The van der Waals surface area contributed by atoms with Crippen LogP contribution in [0.5, 0.6) is 0 Å². The molecule has 0 heterocycles. The van der Waals surface area contributed by atoms with E-state index in [9.17, 15) is 0 Å². The van der Waals surface area contributed by atoms with Crippen LogP contribution in [0.2, 0.25) is 0 Å². The standard InChI is InChI=1S/C16H25N/c1-12-4-5-16(9-12,11-17)10-15-7-13(2)6-14(3)8-15/h6-8,12H,4-5,9-11,17H2,1-3H3. The van der Waals surface area contributed by atoms with Gasteiger partial charge in [-0.2, -0.15) is 0 Å². The molecule has 0 spiro atoms. The molecule has 94 valence electrons. The summed E-state index contributed by atoms with van der Waals surface area (Å²) in [6.07, 6.45) is 5.12. The SMILES string of the molecule is Cc1cc(C)cc(CC2(CN)CCC(C)C2)c1. The number of hydrogen-bond acceptors (Lipinski definition) is 1. The molecule has 0 aliphatic heterocycles. The minimum absolute atomic E-state index is 0.375. The summed E-state index contributed by atoms with van der Waals surface area (Å²) in [5.41, 5.74) is 10.7. The highest BCUT2D eigenvalue weighted by Crippen LogP contribution is 2.43. The van der Waals surface area contributed by atoms with E-state index in [1.54, 1.807) is 0 Å². The van der Waals surface area contributed by atoms with Crippen LogP contribution in [-0.4, -0.2) is 6.54 Å². The zero-order valence-electron chi connectivity index (χ0n) is 11.4. The average molecular weight is 231 g/mol. The second-order valence-corrected chi connectivity index (χ2v) is 6.22. The smallest absolute Gasteiger partial charge is 0.00172 e. The van der Waals surface area contributed by atoms with E-state index in [1.165, 1.54) is 36.0 Å². The van der Waals surface area contributed by atoms with Gasteiger partial charge < -0.3 is 5.73 Å². The maximum absolute atomic E-state index is 6.05. The lowest BCUT2D eigenvalue weighted by Gasteiger charge is -2.28. The quantitative estimate of drug-likeness (QED) is 0.845. The highest BCUT2D eigenvalue weighted by Gasteiger charge is 2.36. The van der Waals surface area contributed by atoms with Crippen molar-refractivity contribution in [3.05, 3.63) is 34.9 Å². The van der Waals surface area contributed by atoms with E-state index >= 15 is 0 Å². The molecular weight excluding hydrogens is 206 g/mol. The summed E-state index contributed by atoms with van der Waals surface area (Å²) in [4.78, 5) is 0. The number of nitrogens with two attached hydrogens (primary N) is 1. The lowest BCUT2D eigenvalue weighted by Crippen LogP contribution is -2.30. The number of hydrogen-bond donors (Lipinski definition) is 1. The first-order chi connectivity index (χ1) is 8.03. The van der Waals surface area contributed by atoms with Gasteiger partial charge in [-0.1, -0.05) is 42.7 Å². The third-order valence-corrected chi connectivity index (χ3v) is 4.24. The zero-order valence-corrected chi connectivity index (χ0v) is 11.4. The van der Waals surface area contributed by atoms with Crippen LogP contribution in [0.15, 0.2) is 18.2 Å². The van der Waals surface area contributed by atoms with E-state index in [0.29, 0.717) is 5.41 Å². The van der Waals surface area contributed by atoms with Gasteiger partial charge in [0.2, 0.25) is 0 Å². The number of aryl methyl sites for hydroxylation is 2. The Morgan fingerprint density at radius 1 is 1.24 bits per heavy atom. The molecule has 0 amide bonds. The topological polar surface area (TPSA) is 26.0 Å². The van der Waals surface area contributed by atoms with Gasteiger partial charge >= 0.3 is 0 Å². The fourth-order valence-corrected chi connectivity index (χ4v) is 3.52. The Morgan fingerprint density at radius 3 is 2.35 bits per heavy atom. The van der Waals surface area contributed by atoms with Crippen LogP contribution in [0.25, 0.3) is 0 Å². The molecule has 0 saturated heterocycles. The average Bonchev–Trinajstić information content (AvgIpc) is 2.59. The van der Waals surface area contributed by atoms with E-state index in [2.05, 4.69) is 39.0 Å². The van der Waals surface area contributed by atoms with Gasteiger partial charge in [0.1, 0.15) is 0 Å². The van der Waals surface area contributed by atoms with Crippen LogP contribution in [0.4, 0.5) is 0 Å². The summed E-state index contributed by atoms with van der Waals surface area (Å²) in [5, 5.41) is 0. The van der Waals surface area contributed by atoms with E-state index < -0.39 is 0 Å². The molecule has 1 aliphatic carbocycles. The van der Waals surface area contributed by atoms with Gasteiger partial charge in [-0.05, 0) is 56.6 Å². The number of rotatable bonds is 3. The third-order valence-electron chi connectivity index (χ3n) is 4.24. The van der Waals surface area contributed by atoms with Crippen LogP contribution in [0, 0.1) is 25.2 Å². The first-order valence-corrected chi connectivity index (χ1v) is 6.80. The van der Waals surface area contributed by atoms with Crippen molar-refractivity contribution in [1.29, 1.82) is 0 Å². The number of benzene rings is 1. The summed E-state index contributed by atoms with van der Waals surface area (Å²) in [6, 6.07) is 6.90. The molecule has 1 nitrogen and oxygen atoms in total. The minimum Gasteiger partial charge on any atom is -0.330 e. The molecule has 2 N–H and O–H groups in total. The van der Waals surface area contributed by atoms with Crippen LogP contribution in [-0.2, 0) is 6.42 Å². The maximum Gasteiger partial charge on any atom is -0.00172 e. The zero-order chi connectivity index (χ0) is 12.5. The van der Waals surface area contributed by atoms with Gasteiger partial charge in [0.15, 0.2) is 0 Å². The molecular formula is C16H25N. The molecule has 2 atom stereocenters. The Kier molecular flexibility index (Phi) is 3.58. The highest BCUT2D eigenvalue weighted by atomic mass is 14.6. The largest absolute Gasteiger partial charge is 0.330 e. The first-order valence-electron chi connectivity index (χ1n) is 6.80. The van der Waals surface area contributed by atoms with Crippen molar-refractivity contribution >= 4 is 0 Å². The Balaban J connectivity index is 2.18. The lowest BCUT2D eigenvalue weighted by molar-refractivity contribution is 0.295. The van der Waals surface area contributed by atoms with Crippen molar-refractivity contribution in [2.75, 3.05) is 6.54 Å². The molecule has 0 aromatic heterocycles. The molecule has 1 heteroatoms. The second kappa shape index (κ2) is 4.81. The monoisotopic (exact) mass is 231 g/mol. The van der Waals surface area contributed by atoms with Crippen LogP contribution in [0.1, 0.15) is 42.9 Å². The van der Waals surface area contributed by atoms with E-state index in [0.717, 1.165) is 18.9 Å². The minimum atomic E-state index is 0.375. The predicted octanol–water partition coefficient (Wildman–Crippen LogP) is 3.61. The Morgan fingerprint density at radius 2 is 1.88 bits per heavy atom. The van der Waals surface area contributed by atoms with Gasteiger partial charge in [-0.15, -0.1) is 0 Å². The molecule has 17 heavy (non-hydrogen) atoms. The Labute approximate surface area is 105 Å². The molecule has 1 saturated carbocycles. The van der Waals surface area contributed by atoms with Gasteiger partial charge in [0.25, 0.3) is 0 Å². The molecule has 1 aromatic carbocycles. The van der Waals surface area contributed by atoms with E-state index in [1.807, 2.05) is 0 Å². The predicted molar refractivity (Wildman–Crippen MR) is 74.1 cm³/mol. The first kappa shape index (κ1) is 12.6. The molecule has 0 bridgehead atoms. The molecule has 1 fully saturated rings. The molecule has 0 radical (unpaired) electrons. The fraction of sp³-hybridized carbons (Fsp3) is 0.625. The van der Waals surface area contributed by atoms with Crippen molar-refractivity contribution in [3.8, 4) is 0 Å². The van der Waals surface area contributed by atoms with Crippen molar-refractivity contribution < 1.29 is 0 Å². The van der Waals surface area contributed by atoms with E-state index in [-0.39, 0.29) is 0 Å². The van der Waals surface area contributed by atoms with Crippen molar-refractivity contribution in [3.63, 3.8) is 0 Å². The normalized spacial score (nSPS) is 28.6. The van der Waals surface area contributed by atoms with Gasteiger partial charge in [0.05, 0.1) is 0 Å². The fourth-order valence-electron chi connectivity index (χ4n) is 3.52. The van der Waals surface area contributed by atoms with E-state index in [4.69, 9.17) is 5.73 Å². The van der Waals surface area contributed by atoms with Gasteiger partial charge in [-0.3, -0.25) is 0 Å². The molecule has 1 aromatic rings. The molecule has 2 rings (SSSR count). The summed E-state index contributed by atoms with van der Waals surface area (Å²) >= 11 is 0. The molecule has 2 unspecified atom stereocenters. The second-order valence-electron chi connectivity index (χ2n) is 6.22. The Bertz CT molecular complexity index is 376. The molecule has 1 aliphatic rings. The van der Waals surface area contributed by atoms with Crippen LogP contribution >= 0.6 is 0 Å². The maximum atomic E-state index is 6.05. The Hall–Kier alpha value is -0.820. The van der Waals surface area contributed by atoms with Crippen molar-refractivity contribution in [1.82, 2.24) is 0 Å². The summed E-state index contributed by atoms with van der Waals surface area (Å²) in [6.45, 7) is 7.56. The summed E-state index contributed by atoms with van der Waals surface area (Å²) < 4.78 is 0. The lowest BCUT2D eigenvalue weighted by atomic mass is 9.79. The summed E-state index contributed by atoms with van der Waals surface area (Å²) in [7, 11) is 0. The third kappa shape index (κ3) is 2.90. The van der Waals surface area contributed by atoms with Crippen LogP contribution in [0.3, 0.4) is 0 Å². The van der Waals surface area contributed by atoms with Crippen LogP contribution < -0.4 is 5.73 Å². The van der Waals surface area contributed by atoms with Crippen molar-refractivity contribution in [2.45, 2.75) is 46.5 Å².